The third-order valence-corrected chi connectivity index (χ3v) is 4.36. The number of aliphatic hydroxyl groups is 1. The van der Waals surface area contributed by atoms with Crippen LogP contribution in [0.5, 0.6) is 5.75 Å². The van der Waals surface area contributed by atoms with Gasteiger partial charge in [-0.2, -0.15) is 0 Å². The van der Waals surface area contributed by atoms with Crippen molar-refractivity contribution in [1.82, 2.24) is 10.6 Å². The van der Waals surface area contributed by atoms with Crippen LogP contribution < -0.4 is 15.4 Å². The molecule has 1 aliphatic rings. The van der Waals surface area contributed by atoms with Gasteiger partial charge >= 0.3 is 0 Å². The molecule has 1 fully saturated rings. The van der Waals surface area contributed by atoms with Crippen LogP contribution >= 0.6 is 0 Å². The van der Waals surface area contributed by atoms with Gasteiger partial charge < -0.3 is 20.5 Å². The molecule has 2 atom stereocenters. The van der Waals surface area contributed by atoms with Gasteiger partial charge in [-0.3, -0.25) is 4.79 Å². The van der Waals surface area contributed by atoms with Crippen molar-refractivity contribution >= 4 is 5.91 Å². The summed E-state index contributed by atoms with van der Waals surface area (Å²) in [5, 5.41) is 16.0. The molecule has 132 valence electrons. The van der Waals surface area contributed by atoms with E-state index in [1.165, 1.54) is 0 Å². The van der Waals surface area contributed by atoms with Gasteiger partial charge in [-0.05, 0) is 24.6 Å². The van der Waals surface area contributed by atoms with Crippen LogP contribution in [-0.4, -0.2) is 36.2 Å². The number of hydrogen-bond acceptors (Lipinski definition) is 4. The molecular formula is C20H24N2O3. The number of aliphatic hydroxyl groups excluding tert-OH is 1. The lowest BCUT2D eigenvalue weighted by atomic mass is 10.0. The fourth-order valence-corrected chi connectivity index (χ4v) is 2.97. The molecule has 3 rings (SSSR count). The summed E-state index contributed by atoms with van der Waals surface area (Å²) in [6.07, 6.45) is 0.433. The summed E-state index contributed by atoms with van der Waals surface area (Å²) >= 11 is 0. The van der Waals surface area contributed by atoms with Crippen molar-refractivity contribution in [2.45, 2.75) is 31.6 Å². The Morgan fingerprint density at radius 3 is 2.72 bits per heavy atom. The number of piperidine rings is 1. The molecule has 2 aromatic rings. The lowest BCUT2D eigenvalue weighted by Gasteiger charge is -2.29. The van der Waals surface area contributed by atoms with Gasteiger partial charge in [0.1, 0.15) is 12.4 Å². The Hall–Kier alpha value is -2.37. The molecule has 5 heteroatoms. The summed E-state index contributed by atoms with van der Waals surface area (Å²) in [7, 11) is 0. The van der Waals surface area contributed by atoms with Crippen molar-refractivity contribution in [2.75, 3.05) is 13.1 Å². The van der Waals surface area contributed by atoms with Gasteiger partial charge in [-0.15, -0.1) is 0 Å². The lowest BCUT2D eigenvalue weighted by Crippen LogP contribution is -2.52. The molecular weight excluding hydrogens is 316 g/mol. The van der Waals surface area contributed by atoms with Crippen molar-refractivity contribution < 1.29 is 14.6 Å². The van der Waals surface area contributed by atoms with Gasteiger partial charge in [0, 0.05) is 12.1 Å². The first-order chi connectivity index (χ1) is 12.2. The smallest absolute Gasteiger partial charge is 0.224 e. The third kappa shape index (κ3) is 5.05. The summed E-state index contributed by atoms with van der Waals surface area (Å²) in [5.41, 5.74) is 1.93. The first-order valence-electron chi connectivity index (χ1n) is 8.65. The van der Waals surface area contributed by atoms with E-state index < -0.39 is 6.10 Å². The number of carbonyl (C=O) groups is 1. The van der Waals surface area contributed by atoms with Crippen LogP contribution in [0.2, 0.25) is 0 Å². The lowest BCUT2D eigenvalue weighted by molar-refractivity contribution is -0.122. The third-order valence-electron chi connectivity index (χ3n) is 4.36. The summed E-state index contributed by atoms with van der Waals surface area (Å²) in [6.45, 7) is 1.78. The molecule has 0 saturated carbocycles. The molecule has 3 N–H and O–H groups in total. The predicted molar refractivity (Wildman–Crippen MR) is 96.3 cm³/mol. The van der Waals surface area contributed by atoms with E-state index in [1.54, 1.807) is 0 Å². The second-order valence-electron chi connectivity index (χ2n) is 6.29. The standard InChI is InChI=1S/C20H24N2O3/c23-18-13-21-11-10-17(18)22-20(24)12-16-8-4-5-9-19(16)25-14-15-6-2-1-3-7-15/h1-9,17-18,21,23H,10-14H2,(H,22,24)/t17-,18-/m1/s1. The zero-order valence-corrected chi connectivity index (χ0v) is 14.2. The largest absolute Gasteiger partial charge is 0.489 e. The van der Waals surface area contributed by atoms with Crippen LogP contribution in [-0.2, 0) is 17.8 Å². The summed E-state index contributed by atoms with van der Waals surface area (Å²) in [4.78, 5) is 12.4. The van der Waals surface area contributed by atoms with E-state index in [4.69, 9.17) is 4.74 Å². The maximum Gasteiger partial charge on any atom is 0.224 e. The summed E-state index contributed by atoms with van der Waals surface area (Å²) in [6, 6.07) is 17.3. The van der Waals surface area contributed by atoms with Crippen LogP contribution in [0.1, 0.15) is 17.5 Å². The average Bonchev–Trinajstić information content (AvgIpc) is 2.64. The van der Waals surface area contributed by atoms with Crippen LogP contribution in [0.25, 0.3) is 0 Å². The van der Waals surface area contributed by atoms with E-state index in [9.17, 15) is 9.90 Å². The maximum absolute atomic E-state index is 12.4. The molecule has 0 bridgehead atoms. The van der Waals surface area contributed by atoms with E-state index in [2.05, 4.69) is 10.6 Å². The Labute approximate surface area is 148 Å². The van der Waals surface area contributed by atoms with Crippen molar-refractivity contribution in [3.63, 3.8) is 0 Å². The number of nitrogens with one attached hydrogen (secondary N) is 2. The molecule has 25 heavy (non-hydrogen) atoms. The summed E-state index contributed by atoms with van der Waals surface area (Å²) in [5.74, 6) is 0.620. The van der Waals surface area contributed by atoms with Crippen LogP contribution in [0.4, 0.5) is 0 Å². The molecule has 1 aliphatic heterocycles. The van der Waals surface area contributed by atoms with Gasteiger partial charge in [-0.1, -0.05) is 48.5 Å². The normalized spacial score (nSPS) is 20.0. The number of amides is 1. The Morgan fingerprint density at radius 2 is 1.92 bits per heavy atom. The highest BCUT2D eigenvalue weighted by molar-refractivity contribution is 5.79. The van der Waals surface area contributed by atoms with Gasteiger partial charge in [-0.25, -0.2) is 0 Å². The Morgan fingerprint density at radius 1 is 1.16 bits per heavy atom. The minimum atomic E-state index is -0.540. The Balaban J connectivity index is 1.59. The van der Waals surface area contributed by atoms with Gasteiger partial charge in [0.2, 0.25) is 5.91 Å². The van der Waals surface area contributed by atoms with Crippen molar-refractivity contribution in [1.29, 1.82) is 0 Å². The van der Waals surface area contributed by atoms with E-state index >= 15 is 0 Å². The molecule has 0 aromatic heterocycles. The summed E-state index contributed by atoms with van der Waals surface area (Å²) < 4.78 is 5.90. The fraction of sp³-hybridized carbons (Fsp3) is 0.350. The number of para-hydroxylation sites is 1. The van der Waals surface area contributed by atoms with Crippen molar-refractivity contribution in [3.8, 4) is 5.75 Å². The van der Waals surface area contributed by atoms with Crippen LogP contribution in [0.15, 0.2) is 54.6 Å². The van der Waals surface area contributed by atoms with Crippen molar-refractivity contribution in [2.24, 2.45) is 0 Å². The molecule has 0 spiro atoms. The molecule has 0 aliphatic carbocycles. The highest BCUT2D eigenvalue weighted by Crippen LogP contribution is 2.20. The molecule has 1 amide bonds. The second kappa shape index (κ2) is 8.65. The number of benzene rings is 2. The van der Waals surface area contributed by atoms with Gasteiger partial charge in [0.25, 0.3) is 0 Å². The Kier molecular flexibility index (Phi) is 6.04. The highest BCUT2D eigenvalue weighted by atomic mass is 16.5. The number of carbonyl (C=O) groups excluding carboxylic acids is 1. The fourth-order valence-electron chi connectivity index (χ4n) is 2.97. The van der Waals surface area contributed by atoms with E-state index in [0.29, 0.717) is 18.9 Å². The first-order valence-corrected chi connectivity index (χ1v) is 8.65. The van der Waals surface area contributed by atoms with Crippen LogP contribution in [0, 0.1) is 0 Å². The topological polar surface area (TPSA) is 70.6 Å². The van der Waals surface area contributed by atoms with E-state index in [0.717, 1.165) is 24.1 Å². The van der Waals surface area contributed by atoms with E-state index in [-0.39, 0.29) is 18.4 Å². The SMILES string of the molecule is O=C(Cc1ccccc1OCc1ccccc1)N[C@@H]1CCNC[C@H]1O. The zero-order chi connectivity index (χ0) is 17.5. The van der Waals surface area contributed by atoms with Gasteiger partial charge in [0.05, 0.1) is 18.6 Å². The monoisotopic (exact) mass is 340 g/mol. The minimum absolute atomic E-state index is 0.0956. The number of rotatable bonds is 6. The number of hydrogen-bond donors (Lipinski definition) is 3. The van der Waals surface area contributed by atoms with Crippen LogP contribution in [0.3, 0.4) is 0 Å². The molecule has 0 radical (unpaired) electrons. The second-order valence-corrected chi connectivity index (χ2v) is 6.29. The predicted octanol–water partition coefficient (Wildman–Crippen LogP) is 1.65. The molecule has 1 saturated heterocycles. The molecule has 1 heterocycles. The van der Waals surface area contributed by atoms with Gasteiger partial charge in [0.15, 0.2) is 0 Å². The number of β-amino-alcohol motifs (C(OH)–C–C–N with tert-alkyl or cyclic N) is 1. The van der Waals surface area contributed by atoms with Crippen molar-refractivity contribution in [3.05, 3.63) is 65.7 Å². The van der Waals surface area contributed by atoms with E-state index in [1.807, 2.05) is 54.6 Å². The minimum Gasteiger partial charge on any atom is -0.489 e. The molecule has 0 unspecified atom stereocenters. The maximum atomic E-state index is 12.4. The number of ether oxygens (including phenoxy) is 1. The first kappa shape index (κ1) is 17.5. The highest BCUT2D eigenvalue weighted by Gasteiger charge is 2.24. The zero-order valence-electron chi connectivity index (χ0n) is 14.2. The average molecular weight is 340 g/mol. The quantitative estimate of drug-likeness (QED) is 0.748. The molecule has 2 aromatic carbocycles. The molecule has 5 nitrogen and oxygen atoms in total. The Bertz CT molecular complexity index is 690.